The molecule has 0 fully saturated rings. The summed E-state index contributed by atoms with van der Waals surface area (Å²) >= 11 is 0. The number of rotatable bonds is 20. The van der Waals surface area contributed by atoms with Crippen molar-refractivity contribution in [2.45, 2.75) is 151 Å². The topological polar surface area (TPSA) is 0 Å². The highest BCUT2D eigenvalue weighted by atomic mass is 28.4. The molecular formula is C29H24F34Si2. The molecule has 0 aromatic heterocycles. The number of hydrogen-bond donors (Lipinski definition) is 0. The van der Waals surface area contributed by atoms with E-state index in [1.165, 1.54) is 0 Å². The summed E-state index contributed by atoms with van der Waals surface area (Å²) < 4.78 is 465. The first-order valence-electron chi connectivity index (χ1n) is 16.4. The zero-order valence-electron chi connectivity index (χ0n) is 31.5. The number of halogens is 34. The average Bonchev–Trinajstić information content (AvgIpc) is 3.61. The van der Waals surface area contributed by atoms with Crippen LogP contribution < -0.4 is 0 Å². The third-order valence-corrected chi connectivity index (χ3v) is 23.0. The lowest BCUT2D eigenvalue weighted by Gasteiger charge is -2.51. The van der Waals surface area contributed by atoms with E-state index in [0.717, 1.165) is 12.2 Å². The SMILES string of the molecule is C[Si](C)(CCC(F)(F)C(F)(F)C(F)(F)C(F)(F)C(F)(F)C(F)(F)C(F)(F)C(F)(F)F)C1([Si](C)(C)CCC(F)(F)C(F)(F)C(F)(F)C(F)(F)C(F)(F)C(F)(F)C(F)(F)C(F)(F)F)C=CC=C1. The van der Waals surface area contributed by atoms with Crippen LogP contribution >= 0.6 is 0 Å². The highest BCUT2D eigenvalue weighted by Crippen LogP contribution is 2.67. The van der Waals surface area contributed by atoms with Gasteiger partial charge in [0.15, 0.2) is 0 Å². The summed E-state index contributed by atoms with van der Waals surface area (Å²) in [5.41, 5.74) is 0. The Kier molecular flexibility index (Phi) is 14.7. The van der Waals surface area contributed by atoms with Gasteiger partial charge in [0, 0.05) is 12.8 Å². The third-order valence-electron chi connectivity index (χ3n) is 10.8. The summed E-state index contributed by atoms with van der Waals surface area (Å²) in [5, 5.41) is 0. The Morgan fingerprint density at radius 2 is 0.446 bits per heavy atom. The molecule has 1 rings (SSSR count). The molecule has 0 spiro atoms. The summed E-state index contributed by atoms with van der Waals surface area (Å²) in [5.74, 6) is -118. The molecule has 0 heterocycles. The molecule has 0 nitrogen and oxygen atoms in total. The van der Waals surface area contributed by atoms with Crippen molar-refractivity contribution in [2.24, 2.45) is 0 Å². The molecule has 0 saturated carbocycles. The molecule has 0 bridgehead atoms. The van der Waals surface area contributed by atoms with Crippen molar-refractivity contribution in [2.75, 3.05) is 0 Å². The number of alkyl halides is 34. The van der Waals surface area contributed by atoms with Gasteiger partial charge in [-0.3, -0.25) is 0 Å². The van der Waals surface area contributed by atoms with E-state index in [2.05, 4.69) is 0 Å². The van der Waals surface area contributed by atoms with Gasteiger partial charge in [-0.05, 0) is 4.66 Å². The van der Waals surface area contributed by atoms with E-state index < -0.39 is 141 Å². The maximum atomic E-state index is 14.9. The second-order valence-electron chi connectivity index (χ2n) is 15.7. The first kappa shape index (κ1) is 60.5. The van der Waals surface area contributed by atoms with E-state index in [0.29, 0.717) is 38.3 Å². The van der Waals surface area contributed by atoms with Gasteiger partial charge in [0.1, 0.15) is 0 Å². The molecule has 0 atom stereocenters. The Hall–Kier alpha value is -2.47. The molecule has 0 aromatic carbocycles. The molecule has 36 heteroatoms. The van der Waals surface area contributed by atoms with Crippen LogP contribution in [0.25, 0.3) is 0 Å². The predicted octanol–water partition coefficient (Wildman–Crippen LogP) is 15.6. The van der Waals surface area contributed by atoms with Gasteiger partial charge in [0.2, 0.25) is 0 Å². The predicted molar refractivity (Wildman–Crippen MR) is 156 cm³/mol. The van der Waals surface area contributed by atoms with Crippen molar-refractivity contribution in [1.82, 2.24) is 0 Å². The second-order valence-corrected chi connectivity index (χ2v) is 26.3. The van der Waals surface area contributed by atoms with Gasteiger partial charge in [-0.15, -0.1) is 0 Å². The van der Waals surface area contributed by atoms with Crippen LogP contribution in [0.1, 0.15) is 12.8 Å². The molecule has 1 aliphatic carbocycles. The third kappa shape index (κ3) is 8.06. The second kappa shape index (κ2) is 15.8. The maximum Gasteiger partial charge on any atom is 0.460 e. The highest BCUT2D eigenvalue weighted by Gasteiger charge is 2.97. The number of allylic oxidation sites excluding steroid dienone is 4. The van der Waals surface area contributed by atoms with Crippen LogP contribution in [-0.2, 0) is 0 Å². The normalized spacial score (nSPS) is 18.2. The van der Waals surface area contributed by atoms with Crippen molar-refractivity contribution in [3.05, 3.63) is 24.3 Å². The van der Waals surface area contributed by atoms with E-state index in [4.69, 9.17) is 0 Å². The van der Waals surface area contributed by atoms with E-state index >= 15 is 0 Å². The Bertz CT molecular complexity index is 1650. The van der Waals surface area contributed by atoms with Crippen LogP contribution in [0.15, 0.2) is 24.3 Å². The summed E-state index contributed by atoms with van der Waals surface area (Å²) in [7, 11) is -9.29. The van der Waals surface area contributed by atoms with Gasteiger partial charge in [-0.25, -0.2) is 0 Å². The van der Waals surface area contributed by atoms with Crippen molar-refractivity contribution in [3.8, 4) is 0 Å². The van der Waals surface area contributed by atoms with Gasteiger partial charge in [0.25, 0.3) is 0 Å². The minimum Gasteiger partial charge on any atom is -0.200 e. The largest absolute Gasteiger partial charge is 0.460 e. The lowest BCUT2D eigenvalue weighted by atomic mass is 9.88. The smallest absolute Gasteiger partial charge is 0.200 e. The van der Waals surface area contributed by atoms with Crippen LogP contribution in [0.3, 0.4) is 0 Å². The number of hydrogen-bond acceptors (Lipinski definition) is 0. The van der Waals surface area contributed by atoms with Crippen LogP contribution in [-0.4, -0.2) is 111 Å². The van der Waals surface area contributed by atoms with Crippen LogP contribution in [0.2, 0.25) is 42.9 Å². The fourth-order valence-electron chi connectivity index (χ4n) is 6.35. The Morgan fingerprint density at radius 1 is 0.277 bits per heavy atom. The van der Waals surface area contributed by atoms with Gasteiger partial charge in [0.05, 0.1) is 16.1 Å². The first-order valence-corrected chi connectivity index (χ1v) is 22.8. The van der Waals surface area contributed by atoms with Gasteiger partial charge >= 0.3 is 95.3 Å². The summed E-state index contributed by atoms with van der Waals surface area (Å²) in [4.78, 5) is 0. The Labute approximate surface area is 341 Å². The molecule has 0 aromatic rings. The maximum absolute atomic E-state index is 14.9. The lowest BCUT2D eigenvalue weighted by molar-refractivity contribution is -0.461. The molecule has 0 N–H and O–H groups in total. The molecule has 0 saturated heterocycles. The van der Waals surface area contributed by atoms with Gasteiger partial charge in [-0.1, -0.05) is 62.6 Å². The van der Waals surface area contributed by atoms with Crippen molar-refractivity contribution >= 4 is 16.1 Å². The van der Waals surface area contributed by atoms with Crippen molar-refractivity contribution in [3.63, 3.8) is 0 Å². The van der Waals surface area contributed by atoms with Gasteiger partial charge in [-0.2, -0.15) is 149 Å². The quantitative estimate of drug-likeness (QED) is 0.0842. The van der Waals surface area contributed by atoms with E-state index in [1.807, 2.05) is 0 Å². The molecule has 386 valence electrons. The van der Waals surface area contributed by atoms with Crippen LogP contribution in [0.4, 0.5) is 149 Å². The molecule has 0 amide bonds. The minimum atomic E-state index is -8.98. The highest BCUT2D eigenvalue weighted by molar-refractivity contribution is 7.01. The van der Waals surface area contributed by atoms with Crippen molar-refractivity contribution in [1.29, 1.82) is 0 Å². The molecule has 0 aliphatic heterocycles. The lowest BCUT2D eigenvalue weighted by Crippen LogP contribution is -2.74. The zero-order valence-corrected chi connectivity index (χ0v) is 33.5. The fraction of sp³-hybridized carbons (Fsp3) is 0.862. The zero-order chi connectivity index (χ0) is 53.2. The Morgan fingerprint density at radius 3 is 0.631 bits per heavy atom. The summed E-state index contributed by atoms with van der Waals surface area (Å²) in [6.07, 6.45) is -19.5. The first-order chi connectivity index (χ1) is 27.6. The van der Waals surface area contributed by atoms with Crippen molar-refractivity contribution < 1.29 is 149 Å². The summed E-state index contributed by atoms with van der Waals surface area (Å²) in [6, 6.07) is -3.83. The monoisotopic (exact) mass is 1070 g/mol. The molecule has 1 aliphatic rings. The van der Waals surface area contributed by atoms with E-state index in [-0.39, 0.29) is 0 Å². The standard InChI is InChI=1S/C29H24F34Si2/c1-64(2,11-9-14(30,31)16(34,35)18(38,39)20(42,43)22(46,47)24(50,51)26(54,55)28(58,59)60)13(7-5-6-8-13)65(3,4)12-10-15(32,33)17(36,37)19(40,41)21(44,45)23(48,49)25(52,53)27(56,57)29(61,62)63/h5-8H,9-12H2,1-4H3. The molecule has 0 radical (unpaired) electrons. The van der Waals surface area contributed by atoms with E-state index in [1.54, 1.807) is 0 Å². The van der Waals surface area contributed by atoms with E-state index in [9.17, 15) is 149 Å². The Balaban J connectivity index is 3.70. The average molecular weight is 1070 g/mol. The molecular weight excluding hydrogens is 1050 g/mol. The fourth-order valence-corrected chi connectivity index (χ4v) is 19.3. The minimum absolute atomic E-state index is 0.608. The van der Waals surface area contributed by atoms with Crippen LogP contribution in [0.5, 0.6) is 0 Å². The van der Waals surface area contributed by atoms with Gasteiger partial charge < -0.3 is 0 Å². The molecule has 65 heavy (non-hydrogen) atoms. The summed E-state index contributed by atoms with van der Waals surface area (Å²) in [6.45, 7) is 2.43. The van der Waals surface area contributed by atoms with Crippen LogP contribution in [0, 0.1) is 0 Å². The molecule has 0 unspecified atom stereocenters.